The Kier molecular flexibility index (Phi) is 9.24. The molecule has 5 heterocycles. The van der Waals surface area contributed by atoms with E-state index in [-0.39, 0.29) is 0 Å². The lowest BCUT2D eigenvalue weighted by Gasteiger charge is -2.30. The molecular weight excluding hydrogens is 1030 g/mol. The van der Waals surface area contributed by atoms with Crippen molar-refractivity contribution < 1.29 is 0 Å². The van der Waals surface area contributed by atoms with Crippen LogP contribution in [0.1, 0.15) is 27.8 Å². The van der Waals surface area contributed by atoms with Crippen LogP contribution >= 0.6 is 0 Å². The van der Waals surface area contributed by atoms with Gasteiger partial charge in [0.05, 0.1) is 83.6 Å². The normalized spacial score (nSPS) is 13.0. The highest BCUT2D eigenvalue weighted by Gasteiger charge is 2.52. The summed E-state index contributed by atoms with van der Waals surface area (Å²) in [6.45, 7) is 0. The third-order valence-electron chi connectivity index (χ3n) is 18.9. The lowest BCUT2D eigenvalue weighted by Crippen LogP contribution is -2.26. The van der Waals surface area contributed by atoms with Crippen LogP contribution in [-0.4, -0.2) is 23.3 Å². The van der Waals surface area contributed by atoms with Gasteiger partial charge in [-0.05, 0) is 99.1 Å². The maximum absolute atomic E-state index is 13.0. The van der Waals surface area contributed by atoms with Crippen molar-refractivity contribution in [2.75, 3.05) is 0 Å². The van der Waals surface area contributed by atoms with Crippen molar-refractivity contribution in [2.24, 2.45) is 0 Å². The first-order valence-corrected chi connectivity index (χ1v) is 29.1. The Hall–Kier alpha value is -11.5. The Morgan fingerprint density at radius 1 is 0.282 bits per heavy atom. The van der Waals surface area contributed by atoms with Gasteiger partial charge in [-0.25, -0.2) is 0 Å². The molecule has 5 aromatic heterocycles. The number of hydrogen-bond acceptors (Lipinski definition) is 2. The summed E-state index contributed by atoms with van der Waals surface area (Å²) in [5.74, 6) is 0. The highest BCUT2D eigenvalue weighted by atomic mass is 15.1. The van der Waals surface area contributed by atoms with Gasteiger partial charge < -0.3 is 18.3 Å². The Morgan fingerprint density at radius 3 is 0.847 bits per heavy atom. The first-order chi connectivity index (χ1) is 42.2. The number of nitrogens with zero attached hydrogens (tertiary/aromatic N) is 6. The predicted molar refractivity (Wildman–Crippen MR) is 348 cm³/mol. The molecule has 2 aliphatic rings. The molecule has 19 rings (SSSR count). The van der Waals surface area contributed by atoms with Crippen LogP contribution in [0.15, 0.2) is 279 Å². The monoisotopic (exact) mass is 1080 g/mol. The topological polar surface area (TPSA) is 56.4 Å². The molecule has 0 amide bonds. The van der Waals surface area contributed by atoms with Gasteiger partial charge >= 0.3 is 0 Å². The molecule has 1 spiro atoms. The SMILES string of the molecule is N#Cc1c(-n2c3ccccc3c3ccccc32)c(-n2c3ccccc3c3ccccc32)c(-c2cc3c(cn2)C2(c4ccccc4-c4ccccc42)c2ccccc2-3)c(-n2c3ccccc3c3ccccc32)c1-n1c2ccccc2c2ccccc21. The highest BCUT2D eigenvalue weighted by Crippen LogP contribution is 2.63. The Bertz CT molecular complexity index is 5320. The van der Waals surface area contributed by atoms with E-state index in [0.717, 1.165) is 132 Å². The highest BCUT2D eigenvalue weighted by molar-refractivity contribution is 6.17. The average molecular weight is 1080 g/mol. The summed E-state index contributed by atoms with van der Waals surface area (Å²) < 4.78 is 9.70. The van der Waals surface area contributed by atoms with Crippen molar-refractivity contribution in [1.82, 2.24) is 23.3 Å². The van der Waals surface area contributed by atoms with Crippen LogP contribution < -0.4 is 0 Å². The molecule has 85 heavy (non-hydrogen) atoms. The Labute approximate surface area is 487 Å². The second-order valence-electron chi connectivity index (χ2n) is 22.7. The second-order valence-corrected chi connectivity index (χ2v) is 22.7. The second kappa shape index (κ2) is 17.0. The third-order valence-corrected chi connectivity index (χ3v) is 18.9. The molecule has 0 fully saturated rings. The molecule has 392 valence electrons. The van der Waals surface area contributed by atoms with Crippen LogP contribution in [0.3, 0.4) is 0 Å². The first-order valence-electron chi connectivity index (χ1n) is 29.1. The van der Waals surface area contributed by atoms with Gasteiger partial charge in [0.15, 0.2) is 0 Å². The van der Waals surface area contributed by atoms with Gasteiger partial charge in [-0.2, -0.15) is 5.26 Å². The fourth-order valence-electron chi connectivity index (χ4n) is 15.7. The van der Waals surface area contributed by atoms with Gasteiger partial charge in [-0.3, -0.25) is 4.98 Å². The summed E-state index contributed by atoms with van der Waals surface area (Å²) in [6, 6.07) is 102. The van der Waals surface area contributed by atoms with Crippen LogP contribution in [0.2, 0.25) is 0 Å². The van der Waals surface area contributed by atoms with Gasteiger partial charge in [-0.1, -0.05) is 218 Å². The van der Waals surface area contributed by atoms with E-state index in [1.54, 1.807) is 0 Å². The van der Waals surface area contributed by atoms with Crippen molar-refractivity contribution in [3.05, 3.63) is 307 Å². The number of benzene rings is 12. The molecule has 0 saturated carbocycles. The van der Waals surface area contributed by atoms with E-state index in [2.05, 4.69) is 304 Å². The van der Waals surface area contributed by atoms with Gasteiger partial charge in [0.1, 0.15) is 11.6 Å². The molecule has 0 atom stereocenters. The van der Waals surface area contributed by atoms with Crippen molar-refractivity contribution in [1.29, 1.82) is 5.26 Å². The summed E-state index contributed by atoms with van der Waals surface area (Å²) >= 11 is 0. The largest absolute Gasteiger partial charge is 0.306 e. The van der Waals surface area contributed by atoms with Crippen molar-refractivity contribution in [3.8, 4) is 62.3 Å². The minimum atomic E-state index is -0.622. The summed E-state index contributed by atoms with van der Waals surface area (Å²) in [5.41, 5.74) is 22.4. The van der Waals surface area contributed by atoms with E-state index in [4.69, 9.17) is 4.98 Å². The average Bonchev–Trinajstić information content (AvgIpc) is 1.59. The van der Waals surface area contributed by atoms with E-state index >= 15 is 0 Å². The number of hydrogen-bond donors (Lipinski definition) is 0. The zero-order valence-corrected chi connectivity index (χ0v) is 45.7. The number of nitriles is 1. The molecule has 0 bridgehead atoms. The summed E-state index contributed by atoms with van der Waals surface area (Å²) in [4.78, 5) is 6.05. The molecule has 6 heteroatoms. The summed E-state index contributed by atoms with van der Waals surface area (Å²) in [6.07, 6.45) is 2.20. The minimum absolute atomic E-state index is 0.514. The molecule has 12 aromatic carbocycles. The van der Waals surface area contributed by atoms with Crippen molar-refractivity contribution in [2.45, 2.75) is 5.41 Å². The zero-order valence-electron chi connectivity index (χ0n) is 45.7. The molecule has 17 aromatic rings. The van der Waals surface area contributed by atoms with E-state index in [0.29, 0.717) is 5.56 Å². The number of fused-ring (bicyclic) bond motifs is 22. The molecule has 6 nitrogen and oxygen atoms in total. The van der Waals surface area contributed by atoms with Crippen LogP contribution in [-0.2, 0) is 5.41 Å². The molecule has 0 saturated heterocycles. The zero-order chi connectivity index (χ0) is 55.6. The molecule has 0 unspecified atom stereocenters. The fraction of sp³-hybridized carbons (Fsp3) is 0.0127. The van der Waals surface area contributed by atoms with Gasteiger partial charge in [0.25, 0.3) is 0 Å². The number of rotatable bonds is 5. The predicted octanol–water partition coefficient (Wildman–Crippen LogP) is 19.4. The van der Waals surface area contributed by atoms with Crippen LogP contribution in [0.4, 0.5) is 0 Å². The van der Waals surface area contributed by atoms with Crippen molar-refractivity contribution >= 4 is 87.2 Å². The maximum atomic E-state index is 13.0. The molecule has 0 N–H and O–H groups in total. The van der Waals surface area contributed by atoms with Crippen LogP contribution in [0, 0.1) is 11.3 Å². The number of aromatic nitrogens is 5. The number of para-hydroxylation sites is 8. The number of pyridine rings is 1. The third kappa shape index (κ3) is 5.83. The fourth-order valence-corrected chi connectivity index (χ4v) is 15.7. The molecule has 0 aliphatic heterocycles. The van der Waals surface area contributed by atoms with Gasteiger partial charge in [0.2, 0.25) is 0 Å². The first kappa shape index (κ1) is 46.1. The maximum Gasteiger partial charge on any atom is 0.104 e. The van der Waals surface area contributed by atoms with Gasteiger partial charge in [-0.15, -0.1) is 0 Å². The molecular formula is C79H46N6. The lowest BCUT2D eigenvalue weighted by molar-refractivity contribution is 0.788. The van der Waals surface area contributed by atoms with E-state index in [1.165, 1.54) is 33.4 Å². The quantitative estimate of drug-likeness (QED) is 0.172. The Balaban J connectivity index is 1.11. The minimum Gasteiger partial charge on any atom is -0.306 e. The van der Waals surface area contributed by atoms with Gasteiger partial charge in [0, 0.05) is 49.3 Å². The summed E-state index contributed by atoms with van der Waals surface area (Å²) in [7, 11) is 0. The lowest BCUT2D eigenvalue weighted by atomic mass is 9.71. The molecule has 0 radical (unpaired) electrons. The molecule has 2 aliphatic carbocycles. The standard InChI is InChI=1S/C79H46N6/c80-46-60-75(82-66-37-15-4-26-51(66)52-27-5-16-38-67(52)82)77(84-70-41-19-8-30-55(70)56-31-9-20-42-71(56)84)74(65-45-59-50-25-3-14-36-63(50)79(64(59)47-81-65)61-34-12-1-23-48(61)49-24-2-13-35-62(49)79)78(85-72-43-21-10-32-57(72)58-33-11-22-44-73(58)85)76(60)83-68-39-17-6-28-53(68)54-29-7-18-40-69(54)83/h1-45,47H. The van der Waals surface area contributed by atoms with Crippen LogP contribution in [0.25, 0.3) is 143 Å². The van der Waals surface area contributed by atoms with E-state index in [9.17, 15) is 5.26 Å². The smallest absolute Gasteiger partial charge is 0.104 e. The van der Waals surface area contributed by atoms with E-state index < -0.39 is 5.41 Å². The Morgan fingerprint density at radius 2 is 0.541 bits per heavy atom. The van der Waals surface area contributed by atoms with Crippen LogP contribution in [0.5, 0.6) is 0 Å². The van der Waals surface area contributed by atoms with Crippen molar-refractivity contribution in [3.63, 3.8) is 0 Å². The van der Waals surface area contributed by atoms with E-state index in [1.807, 2.05) is 0 Å². The summed E-state index contributed by atoms with van der Waals surface area (Å²) in [5, 5.41) is 21.9.